The minimum Gasteiger partial charge on any atom is -0.289 e. The lowest BCUT2D eigenvalue weighted by atomic mass is 9.85. The maximum Gasteiger partial charge on any atom is 0.190 e. The molecule has 1 aromatic carbocycles. The Morgan fingerprint density at radius 1 is 0.793 bits per heavy atom. The van der Waals surface area contributed by atoms with Crippen molar-refractivity contribution in [3.05, 3.63) is 81.0 Å². The molecule has 2 nitrogen and oxygen atoms in total. The third-order valence-corrected chi connectivity index (χ3v) is 5.53. The van der Waals surface area contributed by atoms with E-state index in [-0.39, 0.29) is 11.6 Å². The molecule has 2 rings (SSSR count). The second kappa shape index (κ2) is 10.3. The summed E-state index contributed by atoms with van der Waals surface area (Å²) in [5.74, 6) is -0.0690. The Hall–Kier alpha value is -2.48. The summed E-state index contributed by atoms with van der Waals surface area (Å²) in [7, 11) is 0. The third-order valence-electron chi connectivity index (χ3n) is 5.53. The molecule has 0 N–H and O–H groups in total. The molecule has 0 saturated heterocycles. The first-order valence-electron chi connectivity index (χ1n) is 10.5. The number of rotatable bonds is 8. The molecule has 1 aliphatic rings. The summed E-state index contributed by atoms with van der Waals surface area (Å²) in [4.78, 5) is 25.3. The maximum atomic E-state index is 12.8. The number of aryl methyl sites for hydroxylation is 2. The average molecular weight is 391 g/mol. The van der Waals surface area contributed by atoms with Crippen molar-refractivity contribution in [2.24, 2.45) is 0 Å². The van der Waals surface area contributed by atoms with Gasteiger partial charge in [0.05, 0.1) is 0 Å². The summed E-state index contributed by atoms with van der Waals surface area (Å²) in [5, 5.41) is 0. The van der Waals surface area contributed by atoms with Gasteiger partial charge < -0.3 is 0 Å². The number of hydrogen-bond acceptors (Lipinski definition) is 2. The van der Waals surface area contributed by atoms with Crippen molar-refractivity contribution in [1.29, 1.82) is 0 Å². The normalized spacial score (nSPS) is 14.6. The number of ketones is 2. The summed E-state index contributed by atoms with van der Waals surface area (Å²) in [6.07, 6.45) is 12.9. The number of carbonyl (C=O) groups excluding carboxylic acids is 2. The number of hydrogen-bond donors (Lipinski definition) is 0. The van der Waals surface area contributed by atoms with Crippen molar-refractivity contribution in [2.45, 2.75) is 73.6 Å². The fourth-order valence-electron chi connectivity index (χ4n) is 3.46. The van der Waals surface area contributed by atoms with Gasteiger partial charge >= 0.3 is 0 Å². The van der Waals surface area contributed by atoms with Crippen molar-refractivity contribution in [2.75, 3.05) is 0 Å². The number of benzene rings is 1. The highest BCUT2D eigenvalue weighted by Crippen LogP contribution is 2.26. The highest BCUT2D eigenvalue weighted by atomic mass is 16.1. The lowest BCUT2D eigenvalue weighted by Gasteiger charge is -2.16. The second-order valence-corrected chi connectivity index (χ2v) is 8.51. The van der Waals surface area contributed by atoms with Gasteiger partial charge in [-0.05, 0) is 103 Å². The van der Waals surface area contributed by atoms with Crippen LogP contribution in [0.2, 0.25) is 0 Å². The van der Waals surface area contributed by atoms with Gasteiger partial charge in [-0.1, -0.05) is 34.9 Å². The van der Waals surface area contributed by atoms with Gasteiger partial charge in [0.15, 0.2) is 11.6 Å². The van der Waals surface area contributed by atoms with Crippen LogP contribution in [0.3, 0.4) is 0 Å². The van der Waals surface area contributed by atoms with E-state index in [2.05, 4.69) is 45.9 Å². The van der Waals surface area contributed by atoms with Crippen LogP contribution in [0, 0.1) is 13.8 Å². The van der Waals surface area contributed by atoms with E-state index in [0.717, 1.165) is 36.8 Å². The Labute approximate surface area is 176 Å². The van der Waals surface area contributed by atoms with Crippen LogP contribution in [0.25, 0.3) is 0 Å². The lowest BCUT2D eigenvalue weighted by Crippen LogP contribution is -2.17. The molecule has 1 aromatic rings. The fourth-order valence-corrected chi connectivity index (χ4v) is 3.46. The Kier molecular flexibility index (Phi) is 8.13. The lowest BCUT2D eigenvalue weighted by molar-refractivity contribution is 0.0982. The van der Waals surface area contributed by atoms with E-state index in [9.17, 15) is 9.59 Å². The summed E-state index contributed by atoms with van der Waals surface area (Å²) in [5.41, 5.74) is 7.82. The molecular formula is C27H34O2. The predicted molar refractivity (Wildman–Crippen MR) is 123 cm³/mol. The zero-order valence-electron chi connectivity index (χ0n) is 18.8. The standard InChI is InChI=1S/C27H34O2/c1-18(2)9-7-10-19(3)11-8-12-20(4)13-14-23-17-26(28)24-15-21(5)22(6)16-25(24)27(23)29/h9,11,13,15-17H,7-8,10,12,14H2,1-6H3. The molecular weight excluding hydrogens is 356 g/mol. The zero-order valence-corrected chi connectivity index (χ0v) is 18.8. The van der Waals surface area contributed by atoms with Crippen LogP contribution < -0.4 is 0 Å². The van der Waals surface area contributed by atoms with Crippen LogP contribution in [0.4, 0.5) is 0 Å². The molecule has 2 heteroatoms. The monoisotopic (exact) mass is 390 g/mol. The first-order chi connectivity index (χ1) is 13.7. The van der Waals surface area contributed by atoms with E-state index in [1.54, 1.807) is 0 Å². The molecule has 0 radical (unpaired) electrons. The number of carbonyl (C=O) groups is 2. The van der Waals surface area contributed by atoms with Gasteiger partial charge in [-0.15, -0.1) is 0 Å². The van der Waals surface area contributed by atoms with E-state index >= 15 is 0 Å². The fraction of sp³-hybridized carbons (Fsp3) is 0.407. The third kappa shape index (κ3) is 6.52. The first-order valence-corrected chi connectivity index (χ1v) is 10.5. The van der Waals surface area contributed by atoms with Crippen molar-refractivity contribution in [3.63, 3.8) is 0 Å². The predicted octanol–water partition coefficient (Wildman–Crippen LogP) is 7.42. The molecule has 0 fully saturated rings. The molecule has 1 aliphatic carbocycles. The van der Waals surface area contributed by atoms with E-state index in [4.69, 9.17) is 0 Å². The topological polar surface area (TPSA) is 34.1 Å². The molecule has 154 valence electrons. The molecule has 0 atom stereocenters. The van der Waals surface area contributed by atoms with E-state index < -0.39 is 0 Å². The highest BCUT2D eigenvalue weighted by molar-refractivity contribution is 6.24. The van der Waals surface area contributed by atoms with E-state index in [0.29, 0.717) is 23.1 Å². The first kappa shape index (κ1) is 22.8. The molecule has 0 heterocycles. The molecule has 0 aliphatic heterocycles. The number of fused-ring (bicyclic) bond motifs is 1. The van der Waals surface area contributed by atoms with Gasteiger partial charge in [0.1, 0.15) is 0 Å². The average Bonchev–Trinajstić information content (AvgIpc) is 2.64. The van der Waals surface area contributed by atoms with E-state index in [1.165, 1.54) is 22.8 Å². The van der Waals surface area contributed by atoms with Gasteiger partial charge in [-0.25, -0.2) is 0 Å². The van der Waals surface area contributed by atoms with Gasteiger partial charge in [-0.3, -0.25) is 9.59 Å². The van der Waals surface area contributed by atoms with Crippen molar-refractivity contribution in [3.8, 4) is 0 Å². The molecule has 29 heavy (non-hydrogen) atoms. The number of allylic oxidation sites excluding steroid dienone is 8. The van der Waals surface area contributed by atoms with Crippen LogP contribution in [-0.2, 0) is 0 Å². The summed E-state index contributed by atoms with van der Waals surface area (Å²) in [6, 6.07) is 3.70. The van der Waals surface area contributed by atoms with Crippen LogP contribution in [0.15, 0.2) is 58.7 Å². The maximum absolute atomic E-state index is 12.8. The van der Waals surface area contributed by atoms with Gasteiger partial charge in [0.2, 0.25) is 0 Å². The summed E-state index contributed by atoms with van der Waals surface area (Å²) < 4.78 is 0. The minimum absolute atomic E-state index is 0.0123. The Morgan fingerprint density at radius 3 is 1.97 bits per heavy atom. The van der Waals surface area contributed by atoms with Gasteiger partial charge in [-0.2, -0.15) is 0 Å². The van der Waals surface area contributed by atoms with Gasteiger partial charge in [0.25, 0.3) is 0 Å². The molecule has 0 saturated carbocycles. The van der Waals surface area contributed by atoms with Crippen LogP contribution in [0.5, 0.6) is 0 Å². The van der Waals surface area contributed by atoms with Crippen molar-refractivity contribution in [1.82, 2.24) is 0 Å². The smallest absolute Gasteiger partial charge is 0.190 e. The van der Waals surface area contributed by atoms with Crippen LogP contribution in [0.1, 0.15) is 91.6 Å². The minimum atomic E-state index is -0.0568. The second-order valence-electron chi connectivity index (χ2n) is 8.51. The summed E-state index contributed by atoms with van der Waals surface area (Å²) >= 11 is 0. The Balaban J connectivity index is 1.95. The van der Waals surface area contributed by atoms with Gasteiger partial charge in [0, 0.05) is 16.7 Å². The number of Topliss-reactive ketones (excluding diaryl/α,β-unsaturated/α-hetero) is 1. The van der Waals surface area contributed by atoms with Crippen molar-refractivity contribution < 1.29 is 9.59 Å². The molecule has 0 spiro atoms. The van der Waals surface area contributed by atoms with E-state index in [1.807, 2.05) is 26.0 Å². The molecule has 0 unspecified atom stereocenters. The molecule has 0 amide bonds. The Bertz CT molecular complexity index is 916. The molecule has 0 bridgehead atoms. The Morgan fingerprint density at radius 2 is 1.34 bits per heavy atom. The van der Waals surface area contributed by atoms with Crippen molar-refractivity contribution >= 4 is 11.6 Å². The largest absolute Gasteiger partial charge is 0.289 e. The quantitative estimate of drug-likeness (QED) is 0.433. The molecule has 0 aromatic heterocycles. The summed E-state index contributed by atoms with van der Waals surface area (Å²) in [6.45, 7) is 12.5. The van der Waals surface area contributed by atoms with Crippen LogP contribution >= 0.6 is 0 Å². The highest BCUT2D eigenvalue weighted by Gasteiger charge is 2.25. The van der Waals surface area contributed by atoms with Crippen LogP contribution in [-0.4, -0.2) is 11.6 Å². The SMILES string of the molecule is CC(C)=CCCC(C)=CCCC(C)=CCC1=CC(=O)c2cc(C)c(C)cc2C1=O. The zero-order chi connectivity index (χ0) is 21.6.